The Kier molecular flexibility index (Phi) is 4.25. The third-order valence-electron chi connectivity index (χ3n) is 5.25. The first kappa shape index (κ1) is 16.2. The highest BCUT2D eigenvalue weighted by molar-refractivity contribution is 6.35. The molecule has 2 aromatic heterocycles. The minimum absolute atomic E-state index is 0.345. The molecule has 3 N–H and O–H groups in total. The van der Waals surface area contributed by atoms with Crippen LogP contribution in [-0.4, -0.2) is 28.0 Å². The minimum Gasteiger partial charge on any atom is -0.382 e. The van der Waals surface area contributed by atoms with Gasteiger partial charge in [-0.3, -0.25) is 0 Å². The summed E-state index contributed by atoms with van der Waals surface area (Å²) in [5, 5.41) is 1.82. The van der Waals surface area contributed by atoms with Crippen LogP contribution in [0.4, 0.5) is 11.6 Å². The van der Waals surface area contributed by atoms with Gasteiger partial charge in [-0.2, -0.15) is 0 Å². The fourth-order valence-corrected chi connectivity index (χ4v) is 4.08. The van der Waals surface area contributed by atoms with Crippen molar-refractivity contribution in [3.63, 3.8) is 0 Å². The van der Waals surface area contributed by atoms with E-state index in [4.69, 9.17) is 17.3 Å². The smallest absolute Gasteiger partial charge is 0.153 e. The molecule has 3 heterocycles. The summed E-state index contributed by atoms with van der Waals surface area (Å²) in [7, 11) is 0. The third-order valence-corrected chi connectivity index (χ3v) is 5.61. The molecule has 5 nitrogen and oxygen atoms in total. The van der Waals surface area contributed by atoms with E-state index in [0.29, 0.717) is 16.8 Å². The van der Waals surface area contributed by atoms with Gasteiger partial charge in [0.25, 0.3) is 0 Å². The van der Waals surface area contributed by atoms with Crippen LogP contribution < -0.4 is 10.6 Å². The Hall–Kier alpha value is -2.27. The molecule has 4 rings (SSSR count). The number of aromatic nitrogens is 3. The van der Waals surface area contributed by atoms with E-state index in [9.17, 15) is 0 Å². The summed E-state index contributed by atoms with van der Waals surface area (Å²) in [5.41, 5.74) is 9.90. The van der Waals surface area contributed by atoms with Crippen LogP contribution in [0.1, 0.15) is 36.8 Å². The second-order valence-corrected chi connectivity index (χ2v) is 6.97. The first-order valence-electron chi connectivity index (χ1n) is 8.78. The van der Waals surface area contributed by atoms with Gasteiger partial charge in [-0.05, 0) is 36.3 Å². The predicted octanol–water partition coefficient (Wildman–Crippen LogP) is 4.14. The van der Waals surface area contributed by atoms with Gasteiger partial charge >= 0.3 is 0 Å². The van der Waals surface area contributed by atoms with Crippen molar-refractivity contribution >= 4 is 34.1 Å². The van der Waals surface area contributed by atoms with Gasteiger partial charge in [0.05, 0.1) is 0 Å². The van der Waals surface area contributed by atoms with Crippen molar-refractivity contribution < 1.29 is 0 Å². The van der Waals surface area contributed by atoms with Crippen LogP contribution in [0.2, 0.25) is 5.02 Å². The van der Waals surface area contributed by atoms with Crippen LogP contribution >= 0.6 is 11.6 Å². The van der Waals surface area contributed by atoms with Crippen molar-refractivity contribution in [1.82, 2.24) is 15.0 Å². The van der Waals surface area contributed by atoms with Crippen LogP contribution in [0, 0.1) is 0 Å². The number of anilines is 2. The summed E-state index contributed by atoms with van der Waals surface area (Å²) in [5.74, 6) is 1.65. The number of fused-ring (bicyclic) bond motifs is 1. The Labute approximate surface area is 152 Å². The van der Waals surface area contributed by atoms with E-state index in [1.54, 1.807) is 0 Å². The van der Waals surface area contributed by atoms with Gasteiger partial charge in [0.1, 0.15) is 17.2 Å². The maximum Gasteiger partial charge on any atom is 0.153 e. The van der Waals surface area contributed by atoms with Gasteiger partial charge in [0.2, 0.25) is 0 Å². The fraction of sp³-hybridized carbons (Fsp3) is 0.368. The molecular formula is C19H22ClN5. The standard InChI is InChI=1S/C19H22ClN5/c1-2-12-4-3-5-14-15(10-22-17(12)14)13-6-8-25(9-7-13)19-16(20)18(21)23-11-24-19/h3-5,10-11,13,22H,2,6-9H2,1H3,(H2,21,23,24). The molecule has 0 saturated carbocycles. The lowest BCUT2D eigenvalue weighted by molar-refractivity contribution is 0.505. The molecule has 25 heavy (non-hydrogen) atoms. The highest BCUT2D eigenvalue weighted by atomic mass is 35.5. The molecule has 6 heteroatoms. The van der Waals surface area contributed by atoms with Crippen molar-refractivity contribution in [1.29, 1.82) is 0 Å². The van der Waals surface area contributed by atoms with Crippen LogP contribution in [0.5, 0.6) is 0 Å². The summed E-state index contributed by atoms with van der Waals surface area (Å²) < 4.78 is 0. The second kappa shape index (κ2) is 6.56. The highest BCUT2D eigenvalue weighted by Gasteiger charge is 2.25. The van der Waals surface area contributed by atoms with Gasteiger partial charge in [-0.15, -0.1) is 0 Å². The molecule has 3 aromatic rings. The number of aryl methyl sites for hydroxylation is 1. The van der Waals surface area contributed by atoms with E-state index in [0.717, 1.165) is 38.2 Å². The zero-order valence-corrected chi connectivity index (χ0v) is 15.1. The number of hydrogen-bond donors (Lipinski definition) is 2. The van der Waals surface area contributed by atoms with Gasteiger partial charge in [0, 0.05) is 30.2 Å². The van der Waals surface area contributed by atoms with Crippen LogP contribution in [0.3, 0.4) is 0 Å². The average Bonchev–Trinajstić information content (AvgIpc) is 3.08. The molecule has 1 aliphatic heterocycles. The molecule has 0 unspecified atom stereocenters. The van der Waals surface area contributed by atoms with Crippen LogP contribution in [0.15, 0.2) is 30.7 Å². The number of benzene rings is 1. The van der Waals surface area contributed by atoms with E-state index in [1.807, 2.05) is 0 Å². The van der Waals surface area contributed by atoms with Crippen LogP contribution in [-0.2, 0) is 6.42 Å². The molecule has 0 atom stereocenters. The molecule has 1 aliphatic rings. The van der Waals surface area contributed by atoms with Crippen molar-refractivity contribution in [3.8, 4) is 0 Å². The minimum atomic E-state index is 0.345. The van der Waals surface area contributed by atoms with E-state index in [-0.39, 0.29) is 0 Å². The maximum atomic E-state index is 6.28. The Morgan fingerprint density at radius 1 is 1.28 bits per heavy atom. The summed E-state index contributed by atoms with van der Waals surface area (Å²) in [4.78, 5) is 14.0. The topological polar surface area (TPSA) is 70.8 Å². The number of nitrogens with one attached hydrogen (secondary N) is 1. The molecule has 1 fully saturated rings. The van der Waals surface area contributed by atoms with Crippen molar-refractivity contribution in [2.45, 2.75) is 32.1 Å². The number of nitrogens with two attached hydrogens (primary N) is 1. The van der Waals surface area contributed by atoms with Crippen LogP contribution in [0.25, 0.3) is 10.9 Å². The van der Waals surface area contributed by atoms with Crippen molar-refractivity contribution in [2.24, 2.45) is 0 Å². The van der Waals surface area contributed by atoms with E-state index in [2.05, 4.69) is 51.2 Å². The Bertz CT molecular complexity index is 896. The number of piperidine rings is 1. The molecular weight excluding hydrogens is 334 g/mol. The van der Waals surface area contributed by atoms with E-state index >= 15 is 0 Å². The Balaban J connectivity index is 1.55. The Morgan fingerprint density at radius 3 is 2.84 bits per heavy atom. The SMILES string of the molecule is CCc1cccc2c(C3CCN(c4ncnc(N)c4Cl)CC3)c[nH]c12. The first-order chi connectivity index (χ1) is 12.2. The lowest BCUT2D eigenvalue weighted by atomic mass is 9.89. The molecule has 0 aliphatic carbocycles. The molecule has 0 radical (unpaired) electrons. The number of nitrogen functional groups attached to an aromatic ring is 1. The quantitative estimate of drug-likeness (QED) is 0.740. The molecule has 1 aromatic carbocycles. The van der Waals surface area contributed by atoms with Crippen molar-refractivity contribution in [2.75, 3.05) is 23.7 Å². The van der Waals surface area contributed by atoms with Crippen molar-refractivity contribution in [3.05, 3.63) is 46.9 Å². The second-order valence-electron chi connectivity index (χ2n) is 6.60. The largest absolute Gasteiger partial charge is 0.382 e. The molecule has 0 bridgehead atoms. The van der Waals surface area contributed by atoms with Gasteiger partial charge in [-0.1, -0.05) is 36.7 Å². The number of hydrogen-bond acceptors (Lipinski definition) is 4. The maximum absolute atomic E-state index is 6.28. The zero-order chi connectivity index (χ0) is 17.4. The molecule has 0 spiro atoms. The lowest BCUT2D eigenvalue weighted by Crippen LogP contribution is -2.33. The highest BCUT2D eigenvalue weighted by Crippen LogP contribution is 2.36. The number of para-hydroxylation sites is 1. The first-order valence-corrected chi connectivity index (χ1v) is 9.16. The summed E-state index contributed by atoms with van der Waals surface area (Å²) in [6.07, 6.45) is 6.87. The number of nitrogens with zero attached hydrogens (tertiary/aromatic N) is 3. The number of aromatic amines is 1. The summed E-state index contributed by atoms with van der Waals surface area (Å²) in [6, 6.07) is 6.60. The number of halogens is 1. The fourth-order valence-electron chi connectivity index (χ4n) is 3.87. The van der Waals surface area contributed by atoms with E-state index in [1.165, 1.54) is 28.4 Å². The summed E-state index contributed by atoms with van der Waals surface area (Å²) in [6.45, 7) is 4.03. The number of rotatable bonds is 3. The van der Waals surface area contributed by atoms with Gasteiger partial charge < -0.3 is 15.6 Å². The third kappa shape index (κ3) is 2.82. The number of H-pyrrole nitrogens is 1. The molecule has 0 amide bonds. The van der Waals surface area contributed by atoms with E-state index < -0.39 is 0 Å². The van der Waals surface area contributed by atoms with Gasteiger partial charge in [0.15, 0.2) is 5.82 Å². The normalized spacial score (nSPS) is 15.8. The monoisotopic (exact) mass is 355 g/mol. The zero-order valence-electron chi connectivity index (χ0n) is 14.3. The van der Waals surface area contributed by atoms with Gasteiger partial charge in [-0.25, -0.2) is 9.97 Å². The Morgan fingerprint density at radius 2 is 2.08 bits per heavy atom. The molecule has 1 saturated heterocycles. The predicted molar refractivity (Wildman–Crippen MR) is 103 cm³/mol. The summed E-state index contributed by atoms with van der Waals surface area (Å²) >= 11 is 6.28. The molecule has 130 valence electrons. The lowest BCUT2D eigenvalue weighted by Gasteiger charge is -2.33. The average molecular weight is 356 g/mol.